The Bertz CT molecular complexity index is 431. The molecule has 17 heavy (non-hydrogen) atoms. The molecule has 0 saturated carbocycles. The van der Waals surface area contributed by atoms with E-state index < -0.39 is 23.6 Å². The van der Waals surface area contributed by atoms with Crippen LogP contribution in [0.15, 0.2) is 18.2 Å². The standard InChI is InChI=1S/C12H13F2NO2/c13-9-4-3-8(7-10(9)14)11(12(16)17)15-5-1-2-6-15/h3-4,7,11H,1-2,5-6H2,(H,16,17)/t11-/m1/s1. The molecule has 1 aliphatic heterocycles. The summed E-state index contributed by atoms with van der Waals surface area (Å²) in [5.41, 5.74) is 0.290. The summed E-state index contributed by atoms with van der Waals surface area (Å²) in [6.07, 6.45) is 1.88. The zero-order valence-electron chi connectivity index (χ0n) is 9.20. The number of aliphatic carboxylic acids is 1. The minimum atomic E-state index is -1.03. The van der Waals surface area contributed by atoms with Gasteiger partial charge in [0, 0.05) is 0 Å². The Morgan fingerprint density at radius 2 is 1.88 bits per heavy atom. The van der Waals surface area contributed by atoms with Gasteiger partial charge in [-0.3, -0.25) is 9.69 Å². The van der Waals surface area contributed by atoms with Crippen LogP contribution in [0, 0.1) is 11.6 Å². The van der Waals surface area contributed by atoms with Gasteiger partial charge in [-0.2, -0.15) is 0 Å². The molecule has 0 radical (unpaired) electrons. The fourth-order valence-corrected chi connectivity index (χ4v) is 2.19. The number of likely N-dealkylation sites (tertiary alicyclic amines) is 1. The molecule has 0 unspecified atom stereocenters. The maximum Gasteiger partial charge on any atom is 0.325 e. The molecule has 1 saturated heterocycles. The van der Waals surface area contributed by atoms with E-state index in [1.54, 1.807) is 4.90 Å². The van der Waals surface area contributed by atoms with Crippen molar-refractivity contribution >= 4 is 5.97 Å². The SMILES string of the molecule is O=C(O)[C@@H](c1ccc(F)c(F)c1)N1CCCC1. The summed E-state index contributed by atoms with van der Waals surface area (Å²) in [6.45, 7) is 1.35. The van der Waals surface area contributed by atoms with Gasteiger partial charge in [0.05, 0.1) is 0 Å². The summed E-state index contributed by atoms with van der Waals surface area (Å²) in [7, 11) is 0. The van der Waals surface area contributed by atoms with Crippen molar-refractivity contribution in [3.8, 4) is 0 Å². The molecule has 0 bridgehead atoms. The molecule has 1 aliphatic rings. The lowest BCUT2D eigenvalue weighted by Gasteiger charge is -2.23. The molecular formula is C12H13F2NO2. The number of carboxylic acids is 1. The molecule has 5 heteroatoms. The first-order chi connectivity index (χ1) is 8.09. The van der Waals surface area contributed by atoms with Gasteiger partial charge in [0.25, 0.3) is 0 Å². The Morgan fingerprint density at radius 3 is 2.41 bits per heavy atom. The van der Waals surface area contributed by atoms with Crippen molar-refractivity contribution in [2.75, 3.05) is 13.1 Å². The summed E-state index contributed by atoms with van der Waals surface area (Å²) in [5, 5.41) is 9.19. The van der Waals surface area contributed by atoms with E-state index in [-0.39, 0.29) is 0 Å². The van der Waals surface area contributed by atoms with E-state index in [4.69, 9.17) is 0 Å². The average molecular weight is 241 g/mol. The van der Waals surface area contributed by atoms with E-state index >= 15 is 0 Å². The van der Waals surface area contributed by atoms with E-state index in [2.05, 4.69) is 0 Å². The smallest absolute Gasteiger partial charge is 0.325 e. The van der Waals surface area contributed by atoms with Gasteiger partial charge in [0.15, 0.2) is 11.6 Å². The van der Waals surface area contributed by atoms with Crippen LogP contribution in [-0.4, -0.2) is 29.1 Å². The Labute approximate surface area is 97.7 Å². The molecule has 2 rings (SSSR count). The van der Waals surface area contributed by atoms with Gasteiger partial charge in [-0.1, -0.05) is 6.07 Å². The third-order valence-corrected chi connectivity index (χ3v) is 3.00. The van der Waals surface area contributed by atoms with Gasteiger partial charge in [-0.05, 0) is 43.6 Å². The van der Waals surface area contributed by atoms with Crippen molar-refractivity contribution in [1.29, 1.82) is 0 Å². The van der Waals surface area contributed by atoms with Crippen LogP contribution in [0.2, 0.25) is 0 Å². The first-order valence-electron chi connectivity index (χ1n) is 5.51. The summed E-state index contributed by atoms with van der Waals surface area (Å²) < 4.78 is 25.9. The van der Waals surface area contributed by atoms with Crippen molar-refractivity contribution in [2.45, 2.75) is 18.9 Å². The molecule has 1 N–H and O–H groups in total. The summed E-state index contributed by atoms with van der Waals surface area (Å²) in [5.74, 6) is -3.00. The highest BCUT2D eigenvalue weighted by Gasteiger charge is 2.29. The van der Waals surface area contributed by atoms with Crippen LogP contribution in [0.3, 0.4) is 0 Å². The predicted molar refractivity (Wildman–Crippen MR) is 57.5 cm³/mol. The zero-order chi connectivity index (χ0) is 12.4. The van der Waals surface area contributed by atoms with Gasteiger partial charge in [0.1, 0.15) is 6.04 Å². The minimum absolute atomic E-state index is 0.290. The number of rotatable bonds is 3. The van der Waals surface area contributed by atoms with Crippen LogP contribution in [0.1, 0.15) is 24.4 Å². The Morgan fingerprint density at radius 1 is 1.24 bits per heavy atom. The van der Waals surface area contributed by atoms with E-state index in [0.717, 1.165) is 25.0 Å². The number of carboxylic acid groups (broad SMARTS) is 1. The van der Waals surface area contributed by atoms with Crippen molar-refractivity contribution in [1.82, 2.24) is 4.90 Å². The van der Waals surface area contributed by atoms with Crippen LogP contribution in [0.25, 0.3) is 0 Å². The number of benzene rings is 1. The number of carbonyl (C=O) groups is 1. The quantitative estimate of drug-likeness (QED) is 0.881. The molecule has 1 aromatic rings. The highest BCUT2D eigenvalue weighted by atomic mass is 19.2. The number of nitrogens with zero attached hydrogens (tertiary/aromatic N) is 1. The summed E-state index contributed by atoms with van der Waals surface area (Å²) in [4.78, 5) is 13.0. The normalized spacial score (nSPS) is 18.2. The highest BCUT2D eigenvalue weighted by Crippen LogP contribution is 2.26. The lowest BCUT2D eigenvalue weighted by atomic mass is 10.1. The third kappa shape index (κ3) is 2.44. The molecule has 1 atom stereocenters. The number of halogens is 2. The largest absolute Gasteiger partial charge is 0.480 e. The van der Waals surface area contributed by atoms with Crippen LogP contribution in [0.4, 0.5) is 8.78 Å². The first kappa shape index (κ1) is 12.0. The molecule has 3 nitrogen and oxygen atoms in total. The average Bonchev–Trinajstić information content (AvgIpc) is 2.76. The Hall–Kier alpha value is -1.49. The summed E-state index contributed by atoms with van der Waals surface area (Å²) in [6, 6.07) is 2.38. The second-order valence-corrected chi connectivity index (χ2v) is 4.16. The van der Waals surface area contributed by atoms with Crippen LogP contribution < -0.4 is 0 Å². The van der Waals surface area contributed by atoms with Gasteiger partial charge >= 0.3 is 5.97 Å². The van der Waals surface area contributed by atoms with Gasteiger partial charge in [-0.15, -0.1) is 0 Å². The molecule has 1 heterocycles. The van der Waals surface area contributed by atoms with Crippen molar-refractivity contribution in [3.05, 3.63) is 35.4 Å². The maximum atomic E-state index is 13.1. The molecule has 0 amide bonds. The first-order valence-corrected chi connectivity index (χ1v) is 5.51. The summed E-state index contributed by atoms with van der Waals surface area (Å²) >= 11 is 0. The third-order valence-electron chi connectivity index (χ3n) is 3.00. The molecule has 0 spiro atoms. The second-order valence-electron chi connectivity index (χ2n) is 4.16. The Balaban J connectivity index is 2.31. The van der Waals surface area contributed by atoms with Crippen LogP contribution in [-0.2, 0) is 4.79 Å². The monoisotopic (exact) mass is 241 g/mol. The molecule has 0 aliphatic carbocycles. The molecule has 1 aromatic carbocycles. The zero-order valence-corrected chi connectivity index (χ0v) is 9.20. The Kier molecular flexibility index (Phi) is 3.38. The molecule has 92 valence electrons. The predicted octanol–water partition coefficient (Wildman–Crippen LogP) is 2.19. The van der Waals surface area contributed by atoms with E-state index in [1.807, 2.05) is 0 Å². The van der Waals surface area contributed by atoms with Gasteiger partial charge in [0.2, 0.25) is 0 Å². The number of hydrogen-bond acceptors (Lipinski definition) is 2. The molecule has 0 aromatic heterocycles. The van der Waals surface area contributed by atoms with Crippen molar-refractivity contribution in [2.24, 2.45) is 0 Å². The van der Waals surface area contributed by atoms with Gasteiger partial charge < -0.3 is 5.11 Å². The minimum Gasteiger partial charge on any atom is -0.480 e. The van der Waals surface area contributed by atoms with Crippen molar-refractivity contribution < 1.29 is 18.7 Å². The topological polar surface area (TPSA) is 40.5 Å². The number of hydrogen-bond donors (Lipinski definition) is 1. The fourth-order valence-electron chi connectivity index (χ4n) is 2.19. The van der Waals surface area contributed by atoms with Gasteiger partial charge in [-0.25, -0.2) is 8.78 Å². The maximum absolute atomic E-state index is 13.1. The molecule has 1 fully saturated rings. The van der Waals surface area contributed by atoms with E-state index in [1.165, 1.54) is 6.07 Å². The molecular weight excluding hydrogens is 228 g/mol. The van der Waals surface area contributed by atoms with Crippen LogP contribution in [0.5, 0.6) is 0 Å². The van der Waals surface area contributed by atoms with E-state index in [9.17, 15) is 18.7 Å². The second kappa shape index (κ2) is 4.79. The van der Waals surface area contributed by atoms with E-state index in [0.29, 0.717) is 18.7 Å². The highest BCUT2D eigenvalue weighted by molar-refractivity contribution is 5.75. The lowest BCUT2D eigenvalue weighted by molar-refractivity contribution is -0.143. The van der Waals surface area contributed by atoms with Crippen LogP contribution >= 0.6 is 0 Å². The lowest BCUT2D eigenvalue weighted by Crippen LogP contribution is -2.31. The van der Waals surface area contributed by atoms with Crippen molar-refractivity contribution in [3.63, 3.8) is 0 Å². The fraction of sp³-hybridized carbons (Fsp3) is 0.417.